The molecule has 120 valence electrons. The molecule has 0 atom stereocenters. The van der Waals surface area contributed by atoms with E-state index in [0.717, 1.165) is 10.0 Å². The molecule has 0 fully saturated rings. The average Bonchev–Trinajstić information content (AvgIpc) is 2.54. The zero-order valence-electron chi connectivity index (χ0n) is 13.2. The summed E-state index contributed by atoms with van der Waals surface area (Å²) >= 11 is 3.32. The van der Waals surface area contributed by atoms with Gasteiger partial charge in [-0.3, -0.25) is 9.59 Å². The summed E-state index contributed by atoms with van der Waals surface area (Å²) in [5.41, 5.74) is 2.77. The van der Waals surface area contributed by atoms with Crippen molar-refractivity contribution in [2.75, 3.05) is 13.6 Å². The lowest BCUT2D eigenvalue weighted by atomic mass is 10.1. The minimum atomic E-state index is -0.261. The van der Waals surface area contributed by atoms with Crippen molar-refractivity contribution in [1.29, 1.82) is 0 Å². The highest BCUT2D eigenvalue weighted by atomic mass is 79.9. The van der Waals surface area contributed by atoms with E-state index in [9.17, 15) is 9.59 Å². The molecule has 0 bridgehead atoms. The maximum Gasteiger partial charge on any atom is 0.251 e. The molecule has 0 saturated heterocycles. The maximum absolute atomic E-state index is 12.1. The molecule has 0 aromatic heterocycles. The minimum absolute atomic E-state index is 0.0201. The van der Waals surface area contributed by atoms with Gasteiger partial charge in [-0.15, -0.1) is 0 Å². The molecule has 0 unspecified atom stereocenters. The molecule has 5 heteroatoms. The molecule has 0 saturated carbocycles. The summed E-state index contributed by atoms with van der Waals surface area (Å²) in [6.45, 7) is 2.52. The Morgan fingerprint density at radius 3 is 2.48 bits per heavy atom. The lowest BCUT2D eigenvalue weighted by Gasteiger charge is -2.17. The van der Waals surface area contributed by atoms with Gasteiger partial charge in [-0.1, -0.05) is 51.8 Å². The number of carbonyl (C=O) groups excluding carboxylic acids is 2. The smallest absolute Gasteiger partial charge is 0.251 e. The van der Waals surface area contributed by atoms with Gasteiger partial charge >= 0.3 is 0 Å². The van der Waals surface area contributed by atoms with Crippen LogP contribution in [-0.4, -0.2) is 30.3 Å². The summed E-state index contributed by atoms with van der Waals surface area (Å²) in [5, 5.41) is 2.65. The molecule has 0 spiro atoms. The van der Waals surface area contributed by atoms with Gasteiger partial charge in [0.2, 0.25) is 5.91 Å². The van der Waals surface area contributed by atoms with Crippen LogP contribution in [0, 0.1) is 6.92 Å². The number of carbonyl (C=O) groups is 2. The maximum atomic E-state index is 12.1. The Hall–Kier alpha value is -2.14. The van der Waals surface area contributed by atoms with E-state index < -0.39 is 0 Å². The summed E-state index contributed by atoms with van der Waals surface area (Å²) in [4.78, 5) is 25.7. The van der Waals surface area contributed by atoms with Gasteiger partial charge in [0.05, 0.1) is 6.54 Å². The van der Waals surface area contributed by atoms with E-state index in [1.165, 1.54) is 5.56 Å². The van der Waals surface area contributed by atoms with Gasteiger partial charge in [-0.2, -0.15) is 0 Å². The number of nitrogens with one attached hydrogen (secondary N) is 1. The average molecular weight is 375 g/mol. The number of hydrogen-bond acceptors (Lipinski definition) is 2. The van der Waals surface area contributed by atoms with E-state index in [-0.39, 0.29) is 18.4 Å². The molecule has 1 N–H and O–H groups in total. The zero-order chi connectivity index (χ0) is 16.8. The van der Waals surface area contributed by atoms with Crippen molar-refractivity contribution >= 4 is 27.7 Å². The fourth-order valence-electron chi connectivity index (χ4n) is 2.08. The molecule has 23 heavy (non-hydrogen) atoms. The van der Waals surface area contributed by atoms with E-state index in [4.69, 9.17) is 0 Å². The Balaban J connectivity index is 1.86. The molecule has 0 heterocycles. The summed E-state index contributed by atoms with van der Waals surface area (Å²) in [6.07, 6.45) is 0. The number of amides is 2. The van der Waals surface area contributed by atoms with Crippen molar-refractivity contribution in [2.24, 2.45) is 0 Å². The van der Waals surface area contributed by atoms with E-state index in [2.05, 4.69) is 21.2 Å². The number of nitrogens with zero attached hydrogens (tertiary/aromatic N) is 1. The molecule has 2 aromatic rings. The highest BCUT2D eigenvalue weighted by molar-refractivity contribution is 9.10. The van der Waals surface area contributed by atoms with Gasteiger partial charge in [0.25, 0.3) is 5.91 Å². The minimum Gasteiger partial charge on any atom is -0.343 e. The normalized spacial score (nSPS) is 10.2. The molecule has 2 rings (SSSR count). The van der Waals surface area contributed by atoms with Crippen molar-refractivity contribution < 1.29 is 9.59 Å². The lowest BCUT2D eigenvalue weighted by Crippen LogP contribution is -2.37. The van der Waals surface area contributed by atoms with Crippen molar-refractivity contribution in [3.05, 3.63) is 69.7 Å². The Morgan fingerprint density at radius 2 is 1.83 bits per heavy atom. The predicted molar refractivity (Wildman–Crippen MR) is 94.1 cm³/mol. The Kier molecular flexibility index (Phi) is 5.93. The van der Waals surface area contributed by atoms with Crippen molar-refractivity contribution in [3.8, 4) is 0 Å². The molecule has 0 aliphatic heterocycles. The van der Waals surface area contributed by atoms with Gasteiger partial charge in [0.15, 0.2) is 0 Å². The molecular formula is C18H19BrN2O2. The van der Waals surface area contributed by atoms with Crippen LogP contribution in [0.1, 0.15) is 21.5 Å². The lowest BCUT2D eigenvalue weighted by molar-refractivity contribution is -0.129. The monoisotopic (exact) mass is 374 g/mol. The van der Waals surface area contributed by atoms with Crippen LogP contribution in [0.3, 0.4) is 0 Å². The third-order valence-electron chi connectivity index (χ3n) is 3.45. The van der Waals surface area contributed by atoms with E-state index in [1.807, 2.05) is 37.3 Å². The molecule has 2 amide bonds. The first-order valence-electron chi connectivity index (χ1n) is 7.29. The number of benzene rings is 2. The third kappa shape index (κ3) is 5.21. The van der Waals surface area contributed by atoms with Crippen LogP contribution in [0.25, 0.3) is 0 Å². The summed E-state index contributed by atoms with van der Waals surface area (Å²) in [5.74, 6) is -0.391. The first kappa shape index (κ1) is 17.2. The van der Waals surface area contributed by atoms with E-state index in [1.54, 1.807) is 30.1 Å². The molecule has 2 aromatic carbocycles. The van der Waals surface area contributed by atoms with Crippen LogP contribution in [0.4, 0.5) is 0 Å². The SMILES string of the molecule is Cc1ccc(CN(C)C(=O)CNC(=O)c2cccc(Br)c2)cc1. The number of aryl methyl sites for hydroxylation is 1. The largest absolute Gasteiger partial charge is 0.343 e. The predicted octanol–water partition coefficient (Wildman–Crippen LogP) is 3.15. The second-order valence-corrected chi connectivity index (χ2v) is 6.34. The molecule has 4 nitrogen and oxygen atoms in total. The highest BCUT2D eigenvalue weighted by Gasteiger charge is 2.12. The van der Waals surface area contributed by atoms with Crippen LogP contribution in [-0.2, 0) is 11.3 Å². The molecule has 0 radical (unpaired) electrons. The summed E-state index contributed by atoms with van der Waals surface area (Å²) in [6, 6.07) is 15.1. The standard InChI is InChI=1S/C18H19BrN2O2/c1-13-6-8-14(9-7-13)12-21(2)17(22)11-20-18(23)15-4-3-5-16(19)10-15/h3-10H,11-12H2,1-2H3,(H,20,23). The second kappa shape index (κ2) is 7.92. The zero-order valence-corrected chi connectivity index (χ0v) is 14.8. The van der Waals surface area contributed by atoms with Gasteiger partial charge in [-0.05, 0) is 30.7 Å². The van der Waals surface area contributed by atoms with Crippen LogP contribution in [0.15, 0.2) is 53.0 Å². The van der Waals surface area contributed by atoms with Crippen molar-refractivity contribution in [3.63, 3.8) is 0 Å². The van der Waals surface area contributed by atoms with Crippen molar-refractivity contribution in [2.45, 2.75) is 13.5 Å². The Bertz CT molecular complexity index is 698. The Labute approximate surface area is 144 Å². The third-order valence-corrected chi connectivity index (χ3v) is 3.95. The molecule has 0 aliphatic carbocycles. The topological polar surface area (TPSA) is 49.4 Å². The second-order valence-electron chi connectivity index (χ2n) is 5.43. The van der Waals surface area contributed by atoms with Gasteiger partial charge < -0.3 is 10.2 Å². The number of likely N-dealkylation sites (N-methyl/N-ethyl adjacent to an activating group) is 1. The summed E-state index contributed by atoms with van der Waals surface area (Å²) < 4.78 is 0.827. The number of rotatable bonds is 5. The quantitative estimate of drug-likeness (QED) is 0.873. The van der Waals surface area contributed by atoms with Crippen LogP contribution in [0.5, 0.6) is 0 Å². The van der Waals surface area contributed by atoms with E-state index >= 15 is 0 Å². The summed E-state index contributed by atoms with van der Waals surface area (Å²) in [7, 11) is 1.73. The van der Waals surface area contributed by atoms with Crippen LogP contribution in [0.2, 0.25) is 0 Å². The van der Waals surface area contributed by atoms with Crippen LogP contribution < -0.4 is 5.32 Å². The fraction of sp³-hybridized carbons (Fsp3) is 0.222. The number of halogens is 1. The fourth-order valence-corrected chi connectivity index (χ4v) is 2.48. The van der Waals surface area contributed by atoms with Gasteiger partial charge in [-0.25, -0.2) is 0 Å². The Morgan fingerprint density at radius 1 is 1.13 bits per heavy atom. The first-order valence-corrected chi connectivity index (χ1v) is 8.08. The van der Waals surface area contributed by atoms with Crippen molar-refractivity contribution in [1.82, 2.24) is 10.2 Å². The van der Waals surface area contributed by atoms with Crippen LogP contribution >= 0.6 is 15.9 Å². The molecular weight excluding hydrogens is 356 g/mol. The van der Waals surface area contributed by atoms with E-state index in [0.29, 0.717) is 12.1 Å². The first-order chi connectivity index (χ1) is 11.0. The molecule has 0 aliphatic rings. The van der Waals surface area contributed by atoms with Gasteiger partial charge in [0, 0.05) is 23.6 Å². The highest BCUT2D eigenvalue weighted by Crippen LogP contribution is 2.11. The number of hydrogen-bond donors (Lipinski definition) is 1. The van der Waals surface area contributed by atoms with Gasteiger partial charge in [0.1, 0.15) is 0 Å².